The lowest BCUT2D eigenvalue weighted by Crippen LogP contribution is -2.05. The van der Waals surface area contributed by atoms with Crippen molar-refractivity contribution in [3.8, 4) is 0 Å². The molecule has 0 atom stereocenters. The van der Waals surface area contributed by atoms with Crippen molar-refractivity contribution >= 4 is 12.4 Å². The predicted molar refractivity (Wildman–Crippen MR) is 37.2 cm³/mol. The third kappa shape index (κ3) is 3.53. The maximum absolute atomic E-state index is 3.80. The molecule has 0 bridgehead atoms. The summed E-state index contributed by atoms with van der Waals surface area (Å²) in [5.41, 5.74) is 0. The van der Waals surface area contributed by atoms with Crippen LogP contribution in [0.15, 0.2) is 4.99 Å². The first-order valence-electron chi connectivity index (χ1n) is 2.77. The topological polar surface area (TPSA) is 15.4 Å². The van der Waals surface area contributed by atoms with Crippen molar-refractivity contribution in [3.05, 3.63) is 0 Å². The van der Waals surface area contributed by atoms with Crippen LogP contribution in [0.3, 0.4) is 0 Å². The molecule has 0 unspecified atom stereocenters. The highest BCUT2D eigenvalue weighted by molar-refractivity contribution is 6.13. The van der Waals surface area contributed by atoms with Crippen molar-refractivity contribution in [3.63, 3.8) is 0 Å². The van der Waals surface area contributed by atoms with Crippen molar-refractivity contribution in [2.24, 2.45) is 4.99 Å². The molecule has 2 heteroatoms. The van der Waals surface area contributed by atoms with Gasteiger partial charge in [0, 0.05) is 7.05 Å². The second-order valence-corrected chi connectivity index (χ2v) is 1.63. The molecule has 0 aromatic heterocycles. The number of aliphatic imine (C=N–C) groups is 1. The summed E-state index contributed by atoms with van der Waals surface area (Å²) in [6.07, 6.45) is 3.73. The summed E-state index contributed by atoms with van der Waals surface area (Å²) >= 11 is 0. The van der Waals surface area contributed by atoms with E-state index in [1.54, 1.807) is 13.3 Å². The zero-order valence-electron chi connectivity index (χ0n) is 5.76. The molecule has 0 amide bonds. The minimum atomic E-state index is 1.03. The third-order valence-corrected chi connectivity index (χ3v) is 0.969. The van der Waals surface area contributed by atoms with E-state index in [4.69, 9.17) is 0 Å². The summed E-state index contributed by atoms with van der Waals surface area (Å²) in [6.45, 7) is 3.13. The third-order valence-electron chi connectivity index (χ3n) is 0.969. The Bertz CT molecular complexity index is 103. The van der Waals surface area contributed by atoms with Crippen molar-refractivity contribution in [2.45, 2.75) is 6.92 Å². The Labute approximate surface area is 50.6 Å². The number of hydrogen-bond acceptors (Lipinski definition) is 1. The first-order chi connectivity index (χ1) is 3.81. The molecule has 2 nitrogen and oxygen atoms in total. The lowest BCUT2D eigenvalue weighted by Gasteiger charge is -1.83. The van der Waals surface area contributed by atoms with Crippen LogP contribution < -0.4 is 0 Å². The minimum absolute atomic E-state index is 1.03. The second kappa shape index (κ2) is 4.50. The van der Waals surface area contributed by atoms with Crippen LogP contribution in [0, 0.1) is 0 Å². The van der Waals surface area contributed by atoms with Crippen LogP contribution >= 0.6 is 0 Å². The van der Waals surface area contributed by atoms with Gasteiger partial charge in [0.1, 0.15) is 13.6 Å². The van der Waals surface area contributed by atoms with Gasteiger partial charge in [-0.1, -0.05) is 0 Å². The minimum Gasteiger partial charge on any atom is -0.290 e. The van der Waals surface area contributed by atoms with Crippen LogP contribution in [0.1, 0.15) is 6.92 Å². The summed E-state index contributed by atoms with van der Waals surface area (Å²) in [5, 5.41) is 0. The van der Waals surface area contributed by atoms with Gasteiger partial charge in [-0.05, 0) is 6.92 Å². The fourth-order valence-electron chi connectivity index (χ4n) is 0.286. The Morgan fingerprint density at radius 1 is 1.62 bits per heavy atom. The monoisotopic (exact) mass is 113 g/mol. The lowest BCUT2D eigenvalue weighted by atomic mass is 10.7. The Morgan fingerprint density at radius 2 is 2.25 bits per heavy atom. The standard InChI is InChI=1S/C6H13N2/c1-4-8(3)6-5-7-2/h5-6H,4H2,1-3H3/q+1. The smallest absolute Gasteiger partial charge is 0.181 e. The quantitative estimate of drug-likeness (QED) is 0.364. The first-order valence-corrected chi connectivity index (χ1v) is 2.77. The molecule has 0 radical (unpaired) electrons. The highest BCUT2D eigenvalue weighted by atomic mass is 14.9. The van der Waals surface area contributed by atoms with Gasteiger partial charge in [0.25, 0.3) is 0 Å². The van der Waals surface area contributed by atoms with E-state index in [2.05, 4.69) is 16.5 Å². The van der Waals surface area contributed by atoms with Gasteiger partial charge in [-0.25, -0.2) is 4.58 Å². The van der Waals surface area contributed by atoms with Crippen LogP contribution in [-0.2, 0) is 0 Å². The Hall–Kier alpha value is -0.660. The van der Waals surface area contributed by atoms with E-state index < -0.39 is 0 Å². The summed E-state index contributed by atoms with van der Waals surface area (Å²) in [5.74, 6) is 0. The highest BCUT2D eigenvalue weighted by Crippen LogP contribution is 1.59. The van der Waals surface area contributed by atoms with E-state index in [0.29, 0.717) is 0 Å². The largest absolute Gasteiger partial charge is 0.290 e. The van der Waals surface area contributed by atoms with Crippen LogP contribution in [0.5, 0.6) is 0 Å². The second-order valence-electron chi connectivity index (χ2n) is 1.63. The molecule has 0 aliphatic heterocycles. The molecule has 0 heterocycles. The van der Waals surface area contributed by atoms with Gasteiger partial charge >= 0.3 is 0 Å². The zero-order valence-corrected chi connectivity index (χ0v) is 5.76. The summed E-state index contributed by atoms with van der Waals surface area (Å²) in [4.78, 5) is 3.80. The van der Waals surface area contributed by atoms with E-state index in [1.807, 2.05) is 13.3 Å². The molecule has 0 aliphatic rings. The van der Waals surface area contributed by atoms with Gasteiger partial charge in [-0.15, -0.1) is 0 Å². The van der Waals surface area contributed by atoms with Gasteiger partial charge in [-0.2, -0.15) is 0 Å². The number of hydrogen-bond donors (Lipinski definition) is 0. The molecule has 0 aliphatic carbocycles. The summed E-state index contributed by atoms with van der Waals surface area (Å²) in [7, 11) is 3.78. The summed E-state index contributed by atoms with van der Waals surface area (Å²) in [6, 6.07) is 0. The SMILES string of the molecule is CC[N+](C)=CC=NC. The molecule has 46 valence electrons. The van der Waals surface area contributed by atoms with Crippen molar-refractivity contribution < 1.29 is 4.58 Å². The molecular formula is C6H13N2+. The lowest BCUT2D eigenvalue weighted by molar-refractivity contribution is -0.486. The molecular weight excluding hydrogens is 100 g/mol. The fourth-order valence-corrected chi connectivity index (χ4v) is 0.286. The number of nitrogens with zero attached hydrogens (tertiary/aromatic N) is 2. The molecule has 0 saturated heterocycles. The summed E-state index contributed by atoms with van der Waals surface area (Å²) < 4.78 is 2.06. The molecule has 0 rings (SSSR count). The molecule has 0 saturated carbocycles. The highest BCUT2D eigenvalue weighted by Gasteiger charge is 1.81. The predicted octanol–water partition coefficient (Wildman–Crippen LogP) is 0.420. The Morgan fingerprint density at radius 3 is 2.62 bits per heavy atom. The Kier molecular flexibility index (Phi) is 4.13. The molecule has 0 fully saturated rings. The van der Waals surface area contributed by atoms with E-state index >= 15 is 0 Å². The molecule has 0 aromatic carbocycles. The van der Waals surface area contributed by atoms with Crippen LogP contribution in [-0.4, -0.2) is 37.6 Å². The molecule has 0 spiro atoms. The van der Waals surface area contributed by atoms with Crippen LogP contribution in [0.4, 0.5) is 0 Å². The van der Waals surface area contributed by atoms with Crippen molar-refractivity contribution in [1.29, 1.82) is 0 Å². The van der Waals surface area contributed by atoms with Crippen molar-refractivity contribution in [1.82, 2.24) is 0 Å². The maximum Gasteiger partial charge on any atom is 0.181 e. The molecule has 8 heavy (non-hydrogen) atoms. The average molecular weight is 113 g/mol. The van der Waals surface area contributed by atoms with E-state index in [9.17, 15) is 0 Å². The van der Waals surface area contributed by atoms with Gasteiger partial charge in [0.05, 0.1) is 6.21 Å². The van der Waals surface area contributed by atoms with E-state index in [1.165, 1.54) is 0 Å². The van der Waals surface area contributed by atoms with Crippen LogP contribution in [0.2, 0.25) is 0 Å². The molecule has 0 aromatic rings. The van der Waals surface area contributed by atoms with Gasteiger partial charge in [0.2, 0.25) is 0 Å². The van der Waals surface area contributed by atoms with Crippen LogP contribution in [0.25, 0.3) is 0 Å². The van der Waals surface area contributed by atoms with E-state index in [-0.39, 0.29) is 0 Å². The fraction of sp³-hybridized carbons (Fsp3) is 0.667. The van der Waals surface area contributed by atoms with Gasteiger partial charge in [0.15, 0.2) is 6.21 Å². The van der Waals surface area contributed by atoms with E-state index in [0.717, 1.165) is 6.54 Å². The number of rotatable bonds is 2. The van der Waals surface area contributed by atoms with Gasteiger partial charge < -0.3 is 0 Å². The Balaban J connectivity index is 3.57. The zero-order chi connectivity index (χ0) is 6.41. The molecule has 0 N–H and O–H groups in total. The first kappa shape index (κ1) is 7.34. The average Bonchev–Trinajstić information content (AvgIpc) is 1.83. The normalized spacial score (nSPS) is 13.1. The van der Waals surface area contributed by atoms with Gasteiger partial charge in [-0.3, -0.25) is 4.99 Å². The van der Waals surface area contributed by atoms with Crippen molar-refractivity contribution in [2.75, 3.05) is 20.6 Å². The maximum atomic E-state index is 3.80.